The van der Waals surface area contributed by atoms with Gasteiger partial charge in [0.15, 0.2) is 0 Å². The minimum absolute atomic E-state index is 0.244. The van der Waals surface area contributed by atoms with E-state index in [0.717, 1.165) is 0 Å². The van der Waals surface area contributed by atoms with Gasteiger partial charge in [0, 0.05) is 6.20 Å². The first-order valence-electron chi connectivity index (χ1n) is 4.45. The lowest BCUT2D eigenvalue weighted by Gasteiger charge is -2.34. The van der Waals surface area contributed by atoms with Crippen LogP contribution in [0.4, 0.5) is 0 Å². The summed E-state index contributed by atoms with van der Waals surface area (Å²) in [6, 6.07) is 0. The van der Waals surface area contributed by atoms with Gasteiger partial charge in [-0.3, -0.25) is 10.3 Å². The van der Waals surface area contributed by atoms with E-state index in [1.54, 1.807) is 6.92 Å². The van der Waals surface area contributed by atoms with Crippen molar-refractivity contribution in [2.45, 2.75) is 32.0 Å². The van der Waals surface area contributed by atoms with Gasteiger partial charge in [-0.25, -0.2) is 4.79 Å². The molecule has 1 atom stereocenters. The number of aliphatic hydroxyl groups is 1. The van der Waals surface area contributed by atoms with Crippen molar-refractivity contribution in [1.82, 2.24) is 5.48 Å². The standard InChI is InChI=1S/C9H15NO4/c1-4-13-7(11)9(8(2,3)12)5-6-10-14-9/h5-6,10,12H,4H2,1-3H3. The number of hydrogen-bond acceptors (Lipinski definition) is 5. The Morgan fingerprint density at radius 3 is 2.71 bits per heavy atom. The van der Waals surface area contributed by atoms with Crippen LogP contribution in [0.25, 0.3) is 0 Å². The molecule has 0 saturated carbocycles. The Balaban J connectivity index is 2.94. The normalized spacial score (nSPS) is 26.0. The second kappa shape index (κ2) is 3.59. The monoisotopic (exact) mass is 201 g/mol. The van der Waals surface area contributed by atoms with E-state index < -0.39 is 17.2 Å². The third-order valence-corrected chi connectivity index (χ3v) is 2.09. The highest BCUT2D eigenvalue weighted by atomic mass is 16.7. The number of carbonyl (C=O) groups is 1. The smallest absolute Gasteiger partial charge is 0.348 e. The van der Waals surface area contributed by atoms with E-state index >= 15 is 0 Å². The highest BCUT2D eigenvalue weighted by Crippen LogP contribution is 2.31. The molecule has 5 heteroatoms. The van der Waals surface area contributed by atoms with Crippen LogP contribution in [0.2, 0.25) is 0 Å². The molecular weight excluding hydrogens is 186 g/mol. The maximum absolute atomic E-state index is 11.6. The van der Waals surface area contributed by atoms with E-state index in [2.05, 4.69) is 5.48 Å². The summed E-state index contributed by atoms with van der Waals surface area (Å²) in [6.45, 7) is 4.92. The Morgan fingerprint density at radius 1 is 1.71 bits per heavy atom. The summed E-state index contributed by atoms with van der Waals surface area (Å²) in [5.41, 5.74) is -0.386. The molecule has 0 aromatic rings. The number of ether oxygens (including phenoxy) is 1. The minimum atomic E-state index is -1.46. The van der Waals surface area contributed by atoms with Gasteiger partial charge in [0.25, 0.3) is 0 Å². The molecule has 0 amide bonds. The molecule has 2 N–H and O–H groups in total. The van der Waals surface area contributed by atoms with Crippen LogP contribution in [-0.2, 0) is 14.4 Å². The number of esters is 1. The average molecular weight is 201 g/mol. The van der Waals surface area contributed by atoms with Crippen LogP contribution in [-0.4, -0.2) is 28.9 Å². The highest BCUT2D eigenvalue weighted by molar-refractivity contribution is 5.84. The molecule has 1 rings (SSSR count). The Morgan fingerprint density at radius 2 is 2.36 bits per heavy atom. The first-order chi connectivity index (χ1) is 6.44. The minimum Gasteiger partial charge on any atom is -0.463 e. The van der Waals surface area contributed by atoms with Crippen LogP contribution in [0.1, 0.15) is 20.8 Å². The first kappa shape index (κ1) is 11.0. The molecule has 5 nitrogen and oxygen atoms in total. The van der Waals surface area contributed by atoms with Crippen LogP contribution in [0.3, 0.4) is 0 Å². The second-order valence-electron chi connectivity index (χ2n) is 3.57. The molecular formula is C9H15NO4. The van der Waals surface area contributed by atoms with Crippen molar-refractivity contribution in [3.05, 3.63) is 12.3 Å². The van der Waals surface area contributed by atoms with Crippen molar-refractivity contribution in [1.29, 1.82) is 0 Å². The number of carbonyl (C=O) groups excluding carboxylic acids is 1. The quantitative estimate of drug-likeness (QED) is 0.634. The molecule has 1 aliphatic rings. The third kappa shape index (κ3) is 1.60. The lowest BCUT2D eigenvalue weighted by molar-refractivity contribution is -0.197. The molecule has 0 aromatic carbocycles. The van der Waals surface area contributed by atoms with Gasteiger partial charge in [0.1, 0.15) is 5.60 Å². The van der Waals surface area contributed by atoms with E-state index in [1.807, 2.05) is 0 Å². The predicted molar refractivity (Wildman–Crippen MR) is 49.0 cm³/mol. The zero-order chi connectivity index (χ0) is 10.8. The Bertz CT molecular complexity index is 256. The van der Waals surface area contributed by atoms with E-state index in [0.29, 0.717) is 0 Å². The SMILES string of the molecule is CCOC(=O)C1(C(C)(C)O)C=CNO1. The van der Waals surface area contributed by atoms with E-state index in [9.17, 15) is 9.90 Å². The molecule has 14 heavy (non-hydrogen) atoms. The van der Waals surface area contributed by atoms with Crippen molar-refractivity contribution in [3.63, 3.8) is 0 Å². The average Bonchev–Trinajstić information content (AvgIpc) is 2.51. The summed E-state index contributed by atoms with van der Waals surface area (Å²) in [5, 5.41) is 9.85. The van der Waals surface area contributed by atoms with Gasteiger partial charge in [-0.15, -0.1) is 0 Å². The molecule has 0 radical (unpaired) electrons. The summed E-state index contributed by atoms with van der Waals surface area (Å²) in [7, 11) is 0. The van der Waals surface area contributed by atoms with E-state index in [1.165, 1.54) is 26.1 Å². The van der Waals surface area contributed by atoms with Crippen molar-refractivity contribution < 1.29 is 19.5 Å². The lowest BCUT2D eigenvalue weighted by atomic mass is 9.86. The molecule has 0 spiro atoms. The Hall–Kier alpha value is -1.07. The van der Waals surface area contributed by atoms with Gasteiger partial charge in [0.05, 0.1) is 6.61 Å². The lowest BCUT2D eigenvalue weighted by Crippen LogP contribution is -2.56. The van der Waals surface area contributed by atoms with E-state index in [-0.39, 0.29) is 6.61 Å². The fraction of sp³-hybridized carbons (Fsp3) is 0.667. The van der Waals surface area contributed by atoms with Crippen molar-refractivity contribution in [2.24, 2.45) is 0 Å². The van der Waals surface area contributed by atoms with Crippen molar-refractivity contribution >= 4 is 5.97 Å². The second-order valence-corrected chi connectivity index (χ2v) is 3.57. The van der Waals surface area contributed by atoms with Gasteiger partial charge in [0.2, 0.25) is 5.60 Å². The van der Waals surface area contributed by atoms with Gasteiger partial charge in [-0.2, -0.15) is 0 Å². The zero-order valence-corrected chi connectivity index (χ0v) is 8.53. The van der Waals surface area contributed by atoms with Crippen LogP contribution in [0, 0.1) is 0 Å². The number of hydrogen-bond donors (Lipinski definition) is 2. The fourth-order valence-corrected chi connectivity index (χ4v) is 1.24. The first-order valence-corrected chi connectivity index (χ1v) is 4.45. The summed E-state index contributed by atoms with van der Waals surface area (Å²) < 4.78 is 4.84. The van der Waals surface area contributed by atoms with Crippen LogP contribution < -0.4 is 5.48 Å². The van der Waals surface area contributed by atoms with Crippen LogP contribution >= 0.6 is 0 Å². The molecule has 0 bridgehead atoms. The number of hydroxylamine groups is 1. The molecule has 0 fully saturated rings. The molecule has 1 unspecified atom stereocenters. The molecule has 1 heterocycles. The Labute approximate surface area is 82.7 Å². The summed E-state index contributed by atoms with van der Waals surface area (Å²) in [6.07, 6.45) is 2.90. The van der Waals surface area contributed by atoms with Crippen LogP contribution in [0.5, 0.6) is 0 Å². The molecule has 0 aromatic heterocycles. The molecule has 0 saturated heterocycles. The number of nitrogens with one attached hydrogen (secondary N) is 1. The number of rotatable bonds is 3. The van der Waals surface area contributed by atoms with E-state index in [4.69, 9.17) is 9.57 Å². The van der Waals surface area contributed by atoms with Gasteiger partial charge >= 0.3 is 5.97 Å². The highest BCUT2D eigenvalue weighted by Gasteiger charge is 2.54. The van der Waals surface area contributed by atoms with Gasteiger partial charge in [-0.05, 0) is 26.8 Å². The summed E-state index contributed by atoms with van der Waals surface area (Å²) >= 11 is 0. The van der Waals surface area contributed by atoms with Crippen LogP contribution in [0.15, 0.2) is 12.3 Å². The third-order valence-electron chi connectivity index (χ3n) is 2.09. The largest absolute Gasteiger partial charge is 0.463 e. The zero-order valence-electron chi connectivity index (χ0n) is 8.53. The van der Waals surface area contributed by atoms with Crippen molar-refractivity contribution in [3.8, 4) is 0 Å². The maximum atomic E-state index is 11.6. The topological polar surface area (TPSA) is 67.8 Å². The van der Waals surface area contributed by atoms with Gasteiger partial charge in [-0.1, -0.05) is 0 Å². The van der Waals surface area contributed by atoms with Crippen molar-refractivity contribution in [2.75, 3.05) is 6.61 Å². The fourth-order valence-electron chi connectivity index (χ4n) is 1.24. The van der Waals surface area contributed by atoms with Gasteiger partial charge < -0.3 is 9.84 Å². The molecule has 0 aliphatic carbocycles. The summed E-state index contributed by atoms with van der Waals surface area (Å²) in [5.74, 6) is -0.603. The molecule has 80 valence electrons. The predicted octanol–water partition coefficient (Wildman–Crippen LogP) is 0.108. The Kier molecular flexibility index (Phi) is 2.82. The summed E-state index contributed by atoms with van der Waals surface area (Å²) in [4.78, 5) is 16.6. The molecule has 1 aliphatic heterocycles. The maximum Gasteiger partial charge on any atom is 0.348 e.